The van der Waals surface area contributed by atoms with Crippen LogP contribution in [0.1, 0.15) is 26.7 Å². The normalized spacial score (nSPS) is 15.2. The van der Waals surface area contributed by atoms with E-state index in [0.29, 0.717) is 12.5 Å². The Morgan fingerprint density at radius 2 is 1.94 bits per heavy atom. The summed E-state index contributed by atoms with van der Waals surface area (Å²) in [5.41, 5.74) is 5.53. The summed E-state index contributed by atoms with van der Waals surface area (Å²) in [6.45, 7) is 4.43. The van der Waals surface area contributed by atoms with E-state index in [1.54, 1.807) is 0 Å². The average Bonchev–Trinajstić information content (AvgIpc) is 2.95. The summed E-state index contributed by atoms with van der Waals surface area (Å²) >= 11 is 0. The highest BCUT2D eigenvalue weighted by molar-refractivity contribution is 5.20. The third-order valence-corrected chi connectivity index (χ3v) is 2.10. The first kappa shape index (κ1) is 10.9. The molecule has 0 aromatic carbocycles. The molecule has 0 unspecified atom stereocenters. The number of hydrogen-bond donors (Lipinski definition) is 1. The predicted octanol–water partition coefficient (Wildman–Crippen LogP) is 1.03. The molecule has 88 valence electrons. The number of hydrogen-bond acceptors (Lipinski definition) is 6. The highest BCUT2D eigenvalue weighted by Crippen LogP contribution is 2.29. The second-order valence-electron chi connectivity index (χ2n) is 4.18. The largest absolute Gasteiger partial charge is 0.463 e. The molecule has 0 aliphatic heterocycles. The highest BCUT2D eigenvalue weighted by Gasteiger charge is 2.22. The Morgan fingerprint density at radius 1 is 1.25 bits per heavy atom. The van der Waals surface area contributed by atoms with Crippen LogP contribution in [-0.2, 0) is 0 Å². The molecule has 1 fully saturated rings. The van der Waals surface area contributed by atoms with Crippen molar-refractivity contribution in [1.82, 2.24) is 15.0 Å². The lowest BCUT2D eigenvalue weighted by atomic mass is 10.5. The van der Waals surface area contributed by atoms with Crippen LogP contribution in [-0.4, -0.2) is 27.7 Å². The zero-order valence-corrected chi connectivity index (χ0v) is 9.51. The Morgan fingerprint density at radius 3 is 2.56 bits per heavy atom. The van der Waals surface area contributed by atoms with Gasteiger partial charge in [0.1, 0.15) is 0 Å². The molecule has 6 heteroatoms. The first-order valence-corrected chi connectivity index (χ1v) is 5.44. The maximum absolute atomic E-state index is 5.53. The minimum absolute atomic E-state index is 0.00178. The summed E-state index contributed by atoms with van der Waals surface area (Å²) in [6, 6.07) is 0.461. The molecule has 0 saturated heterocycles. The van der Waals surface area contributed by atoms with Crippen LogP contribution >= 0.6 is 0 Å². The van der Waals surface area contributed by atoms with Crippen LogP contribution in [0.2, 0.25) is 0 Å². The molecule has 1 aromatic heterocycles. The molecule has 0 spiro atoms. The van der Waals surface area contributed by atoms with E-state index < -0.39 is 0 Å². The molecule has 1 aliphatic carbocycles. The van der Waals surface area contributed by atoms with Gasteiger partial charge in [-0.05, 0) is 32.6 Å². The van der Waals surface area contributed by atoms with Gasteiger partial charge < -0.3 is 15.2 Å². The molecule has 2 N–H and O–H groups in total. The average molecular weight is 224 g/mol. The van der Waals surface area contributed by atoms with Gasteiger partial charge in [-0.15, -0.1) is 4.98 Å². The topological polar surface area (TPSA) is 83.2 Å². The summed E-state index contributed by atoms with van der Waals surface area (Å²) in [7, 11) is 0. The number of nitrogen functional groups attached to an aromatic ring is 1. The smallest absolute Gasteiger partial charge is 0.324 e. The van der Waals surface area contributed by atoms with E-state index >= 15 is 0 Å². The maximum Gasteiger partial charge on any atom is 0.324 e. The standard InChI is InChI=1S/C10H16N4O2/c1-6(2)16-10-13-8(11)12-9(14-10)15-5-7-3-4-7/h6-7H,3-5H2,1-2H3,(H2,11,12,13,14). The van der Waals surface area contributed by atoms with Gasteiger partial charge in [-0.2, -0.15) is 9.97 Å². The SMILES string of the molecule is CC(C)Oc1nc(N)nc(OCC2CC2)n1. The van der Waals surface area contributed by atoms with Gasteiger partial charge in [-0.25, -0.2) is 0 Å². The lowest BCUT2D eigenvalue weighted by Gasteiger charge is -2.09. The zero-order valence-electron chi connectivity index (χ0n) is 9.51. The third-order valence-electron chi connectivity index (χ3n) is 2.10. The Bertz CT molecular complexity index is 366. The van der Waals surface area contributed by atoms with Gasteiger partial charge in [0.15, 0.2) is 0 Å². The molecule has 1 aliphatic rings. The molecule has 0 radical (unpaired) electrons. The Balaban J connectivity index is 2.01. The molecule has 2 rings (SSSR count). The van der Waals surface area contributed by atoms with Crippen molar-refractivity contribution in [3.05, 3.63) is 0 Å². The lowest BCUT2D eigenvalue weighted by Crippen LogP contribution is -2.12. The van der Waals surface area contributed by atoms with Crippen LogP contribution in [0, 0.1) is 5.92 Å². The number of aromatic nitrogens is 3. The van der Waals surface area contributed by atoms with Gasteiger partial charge in [0.05, 0.1) is 12.7 Å². The van der Waals surface area contributed by atoms with Crippen LogP contribution in [0.5, 0.6) is 12.0 Å². The van der Waals surface area contributed by atoms with Crippen molar-refractivity contribution in [2.24, 2.45) is 5.92 Å². The van der Waals surface area contributed by atoms with E-state index in [2.05, 4.69) is 15.0 Å². The third kappa shape index (κ3) is 3.22. The summed E-state index contributed by atoms with van der Waals surface area (Å²) in [4.78, 5) is 11.8. The summed E-state index contributed by atoms with van der Waals surface area (Å²) in [5, 5.41) is 0. The fourth-order valence-corrected chi connectivity index (χ4v) is 1.16. The molecule has 0 amide bonds. The molecule has 1 heterocycles. The quantitative estimate of drug-likeness (QED) is 0.804. The van der Waals surface area contributed by atoms with E-state index in [1.807, 2.05) is 13.8 Å². The minimum Gasteiger partial charge on any atom is -0.463 e. The van der Waals surface area contributed by atoms with Gasteiger partial charge in [0.2, 0.25) is 5.95 Å². The van der Waals surface area contributed by atoms with Gasteiger partial charge >= 0.3 is 12.0 Å². The van der Waals surface area contributed by atoms with Crippen molar-refractivity contribution in [1.29, 1.82) is 0 Å². The lowest BCUT2D eigenvalue weighted by molar-refractivity contribution is 0.212. The van der Waals surface area contributed by atoms with Crippen molar-refractivity contribution < 1.29 is 9.47 Å². The molecular weight excluding hydrogens is 208 g/mol. The van der Waals surface area contributed by atoms with Crippen LogP contribution in [0.15, 0.2) is 0 Å². The predicted molar refractivity (Wildman–Crippen MR) is 58.2 cm³/mol. The highest BCUT2D eigenvalue weighted by atomic mass is 16.5. The minimum atomic E-state index is -0.00178. The van der Waals surface area contributed by atoms with Crippen molar-refractivity contribution in [2.75, 3.05) is 12.3 Å². The van der Waals surface area contributed by atoms with Crippen molar-refractivity contribution >= 4 is 5.95 Å². The van der Waals surface area contributed by atoms with Crippen LogP contribution in [0.25, 0.3) is 0 Å². The zero-order chi connectivity index (χ0) is 11.5. The maximum atomic E-state index is 5.53. The Kier molecular flexibility index (Phi) is 3.07. The van der Waals surface area contributed by atoms with E-state index in [4.69, 9.17) is 15.2 Å². The van der Waals surface area contributed by atoms with Crippen molar-refractivity contribution in [2.45, 2.75) is 32.8 Å². The summed E-state index contributed by atoms with van der Waals surface area (Å²) < 4.78 is 10.7. The van der Waals surface area contributed by atoms with E-state index in [-0.39, 0.29) is 24.1 Å². The molecule has 1 saturated carbocycles. The first-order chi connectivity index (χ1) is 7.63. The Labute approximate surface area is 94.2 Å². The second-order valence-corrected chi connectivity index (χ2v) is 4.18. The molecule has 6 nitrogen and oxygen atoms in total. The Hall–Kier alpha value is -1.59. The number of anilines is 1. The van der Waals surface area contributed by atoms with Gasteiger partial charge in [0.25, 0.3) is 0 Å². The summed E-state index contributed by atoms with van der Waals surface area (Å²) in [5.74, 6) is 0.768. The van der Waals surface area contributed by atoms with E-state index in [9.17, 15) is 0 Å². The van der Waals surface area contributed by atoms with Crippen molar-refractivity contribution in [3.63, 3.8) is 0 Å². The summed E-state index contributed by atoms with van der Waals surface area (Å²) in [6.07, 6.45) is 2.43. The number of nitrogens with two attached hydrogens (primary N) is 1. The number of ether oxygens (including phenoxy) is 2. The van der Waals surface area contributed by atoms with E-state index in [1.165, 1.54) is 12.8 Å². The molecule has 16 heavy (non-hydrogen) atoms. The molecule has 0 atom stereocenters. The van der Waals surface area contributed by atoms with Crippen LogP contribution in [0.4, 0.5) is 5.95 Å². The van der Waals surface area contributed by atoms with E-state index in [0.717, 1.165) is 0 Å². The monoisotopic (exact) mass is 224 g/mol. The van der Waals surface area contributed by atoms with Gasteiger partial charge in [-0.1, -0.05) is 0 Å². The van der Waals surface area contributed by atoms with Crippen molar-refractivity contribution in [3.8, 4) is 12.0 Å². The molecule has 0 bridgehead atoms. The van der Waals surface area contributed by atoms with Gasteiger partial charge in [0, 0.05) is 0 Å². The molecular formula is C10H16N4O2. The van der Waals surface area contributed by atoms with Gasteiger partial charge in [-0.3, -0.25) is 0 Å². The fraction of sp³-hybridized carbons (Fsp3) is 0.700. The fourth-order valence-electron chi connectivity index (χ4n) is 1.16. The molecule has 1 aromatic rings. The second kappa shape index (κ2) is 4.51. The van der Waals surface area contributed by atoms with Crippen LogP contribution < -0.4 is 15.2 Å². The van der Waals surface area contributed by atoms with Crippen LogP contribution in [0.3, 0.4) is 0 Å². The number of nitrogens with zero attached hydrogens (tertiary/aromatic N) is 3. The first-order valence-electron chi connectivity index (χ1n) is 5.44. The number of rotatable bonds is 5.